The van der Waals surface area contributed by atoms with Crippen molar-refractivity contribution in [3.8, 4) is 11.4 Å². The molecule has 0 atom stereocenters. The Morgan fingerprint density at radius 1 is 1.27 bits per heavy atom. The van der Waals surface area contributed by atoms with E-state index >= 15 is 0 Å². The number of amides is 1. The number of ether oxygens (including phenoxy) is 1. The molecule has 0 unspecified atom stereocenters. The first-order valence-corrected chi connectivity index (χ1v) is 8.47. The van der Waals surface area contributed by atoms with Crippen LogP contribution in [-0.4, -0.2) is 45.1 Å². The van der Waals surface area contributed by atoms with Crippen molar-refractivity contribution in [2.24, 2.45) is 0 Å². The highest BCUT2D eigenvalue weighted by atomic mass is 16.5. The Bertz CT molecular complexity index is 839. The van der Waals surface area contributed by atoms with E-state index in [0.29, 0.717) is 30.6 Å². The predicted octanol–water partition coefficient (Wildman–Crippen LogP) is 2.55. The van der Waals surface area contributed by atoms with Gasteiger partial charge in [-0.3, -0.25) is 9.78 Å². The molecule has 1 fully saturated rings. The third-order valence-corrected chi connectivity index (χ3v) is 4.29. The Kier molecular flexibility index (Phi) is 4.74. The minimum atomic E-state index is -0.0773. The molecule has 1 aliphatic rings. The van der Waals surface area contributed by atoms with Crippen molar-refractivity contribution in [1.29, 1.82) is 0 Å². The lowest BCUT2D eigenvalue weighted by molar-refractivity contribution is -0.0103. The highest BCUT2D eigenvalue weighted by Crippen LogP contribution is 2.19. The molecule has 0 aliphatic carbocycles. The number of likely N-dealkylation sites (tertiary alicyclic amines) is 1. The molecule has 26 heavy (non-hydrogen) atoms. The molecule has 134 valence electrons. The lowest BCUT2D eigenvalue weighted by Gasteiger charge is -2.31. The van der Waals surface area contributed by atoms with Gasteiger partial charge >= 0.3 is 0 Å². The lowest BCUT2D eigenvalue weighted by Crippen LogP contribution is -2.40. The fourth-order valence-corrected chi connectivity index (χ4v) is 2.90. The van der Waals surface area contributed by atoms with E-state index in [4.69, 9.17) is 13.7 Å². The molecule has 1 aliphatic heterocycles. The Balaban J connectivity index is 1.26. The second-order valence-electron chi connectivity index (χ2n) is 6.03. The molecule has 0 radical (unpaired) electrons. The first-order chi connectivity index (χ1) is 12.8. The number of hydrogen-bond donors (Lipinski definition) is 0. The second kappa shape index (κ2) is 7.49. The van der Waals surface area contributed by atoms with Gasteiger partial charge in [-0.1, -0.05) is 5.16 Å². The van der Waals surface area contributed by atoms with Crippen LogP contribution in [0.1, 0.15) is 29.3 Å². The van der Waals surface area contributed by atoms with Crippen molar-refractivity contribution in [3.63, 3.8) is 0 Å². The van der Waals surface area contributed by atoms with Crippen molar-refractivity contribution >= 4 is 5.91 Å². The number of piperidine rings is 1. The van der Waals surface area contributed by atoms with Gasteiger partial charge in [0.05, 0.1) is 12.4 Å². The van der Waals surface area contributed by atoms with Crippen LogP contribution in [0.15, 0.2) is 51.9 Å². The van der Waals surface area contributed by atoms with Gasteiger partial charge in [-0.05, 0) is 37.1 Å². The van der Waals surface area contributed by atoms with E-state index < -0.39 is 0 Å². The average molecular weight is 354 g/mol. The van der Waals surface area contributed by atoms with Gasteiger partial charge in [0, 0.05) is 31.0 Å². The monoisotopic (exact) mass is 354 g/mol. The van der Waals surface area contributed by atoms with Crippen molar-refractivity contribution in [1.82, 2.24) is 20.0 Å². The van der Waals surface area contributed by atoms with Gasteiger partial charge in [0.15, 0.2) is 5.76 Å². The van der Waals surface area contributed by atoms with Crippen LogP contribution in [0.5, 0.6) is 0 Å². The topological polar surface area (TPSA) is 94.5 Å². The Hall–Kier alpha value is -3.00. The fraction of sp³-hybridized carbons (Fsp3) is 0.333. The van der Waals surface area contributed by atoms with Crippen LogP contribution in [0.3, 0.4) is 0 Å². The van der Waals surface area contributed by atoms with Crippen molar-refractivity contribution < 1.29 is 18.5 Å². The largest absolute Gasteiger partial charge is 0.459 e. The van der Waals surface area contributed by atoms with Gasteiger partial charge < -0.3 is 18.6 Å². The average Bonchev–Trinajstić information content (AvgIpc) is 3.39. The molecule has 0 bridgehead atoms. The van der Waals surface area contributed by atoms with Crippen molar-refractivity contribution in [3.05, 3.63) is 54.6 Å². The van der Waals surface area contributed by atoms with Crippen LogP contribution < -0.4 is 0 Å². The maximum atomic E-state index is 12.2. The van der Waals surface area contributed by atoms with Crippen LogP contribution in [0.2, 0.25) is 0 Å². The molecular formula is C18H18N4O4. The molecule has 1 saturated heterocycles. The number of carbonyl (C=O) groups excluding carboxylic acids is 1. The van der Waals surface area contributed by atoms with Gasteiger partial charge in [-0.15, -0.1) is 0 Å². The van der Waals surface area contributed by atoms with Gasteiger partial charge in [0.1, 0.15) is 6.61 Å². The third kappa shape index (κ3) is 3.65. The van der Waals surface area contributed by atoms with Gasteiger partial charge in [0.25, 0.3) is 11.8 Å². The van der Waals surface area contributed by atoms with Crippen molar-refractivity contribution in [2.45, 2.75) is 25.6 Å². The number of furan rings is 1. The first kappa shape index (κ1) is 16.5. The summed E-state index contributed by atoms with van der Waals surface area (Å²) in [5.41, 5.74) is 0.798. The fourth-order valence-electron chi connectivity index (χ4n) is 2.90. The number of aromatic nitrogens is 3. The molecule has 0 spiro atoms. The maximum absolute atomic E-state index is 12.2. The molecule has 1 amide bonds. The first-order valence-electron chi connectivity index (χ1n) is 8.47. The number of pyridine rings is 1. The van der Waals surface area contributed by atoms with E-state index in [1.807, 2.05) is 12.1 Å². The molecule has 4 rings (SSSR count). The molecule has 4 heterocycles. The van der Waals surface area contributed by atoms with Crippen molar-refractivity contribution in [2.75, 3.05) is 13.1 Å². The van der Waals surface area contributed by atoms with E-state index in [1.54, 1.807) is 29.4 Å². The molecule has 3 aromatic rings. The summed E-state index contributed by atoms with van der Waals surface area (Å²) in [7, 11) is 0. The summed E-state index contributed by atoms with van der Waals surface area (Å²) in [6, 6.07) is 7.08. The minimum absolute atomic E-state index is 0.0596. The van der Waals surface area contributed by atoms with Crippen LogP contribution >= 0.6 is 0 Å². The number of carbonyl (C=O) groups is 1. The van der Waals surface area contributed by atoms with E-state index in [1.165, 1.54) is 6.26 Å². The summed E-state index contributed by atoms with van der Waals surface area (Å²) in [5.74, 6) is 1.22. The van der Waals surface area contributed by atoms with E-state index in [-0.39, 0.29) is 18.6 Å². The van der Waals surface area contributed by atoms with Crippen LogP contribution in [0.4, 0.5) is 0 Å². The quantitative estimate of drug-likeness (QED) is 0.695. The molecule has 0 aromatic carbocycles. The molecule has 8 nitrogen and oxygen atoms in total. The summed E-state index contributed by atoms with van der Waals surface area (Å²) < 4.78 is 16.3. The second-order valence-corrected chi connectivity index (χ2v) is 6.03. The lowest BCUT2D eigenvalue weighted by atomic mass is 10.1. The Morgan fingerprint density at radius 3 is 2.88 bits per heavy atom. The van der Waals surface area contributed by atoms with E-state index in [9.17, 15) is 4.79 Å². The molecule has 3 aromatic heterocycles. The van der Waals surface area contributed by atoms with E-state index in [2.05, 4.69) is 15.1 Å². The third-order valence-electron chi connectivity index (χ3n) is 4.29. The summed E-state index contributed by atoms with van der Waals surface area (Å²) in [5, 5.41) is 3.94. The zero-order valence-corrected chi connectivity index (χ0v) is 14.1. The Morgan fingerprint density at radius 2 is 2.15 bits per heavy atom. The van der Waals surface area contributed by atoms with E-state index in [0.717, 1.165) is 18.4 Å². The van der Waals surface area contributed by atoms with Gasteiger partial charge in [0.2, 0.25) is 5.82 Å². The molecular weight excluding hydrogens is 336 g/mol. The highest BCUT2D eigenvalue weighted by molar-refractivity contribution is 5.91. The van der Waals surface area contributed by atoms with Crippen LogP contribution in [-0.2, 0) is 11.3 Å². The van der Waals surface area contributed by atoms with Gasteiger partial charge in [-0.2, -0.15) is 4.98 Å². The number of rotatable bonds is 5. The smallest absolute Gasteiger partial charge is 0.289 e. The maximum Gasteiger partial charge on any atom is 0.289 e. The zero-order chi connectivity index (χ0) is 17.8. The van der Waals surface area contributed by atoms with Crippen LogP contribution in [0.25, 0.3) is 11.4 Å². The Labute approximate surface area is 149 Å². The number of nitrogens with zero attached hydrogens (tertiary/aromatic N) is 4. The highest BCUT2D eigenvalue weighted by Gasteiger charge is 2.25. The summed E-state index contributed by atoms with van der Waals surface area (Å²) in [6.45, 7) is 1.52. The molecule has 8 heteroatoms. The molecule has 0 N–H and O–H groups in total. The minimum Gasteiger partial charge on any atom is -0.459 e. The normalized spacial score (nSPS) is 15.3. The zero-order valence-electron chi connectivity index (χ0n) is 14.1. The van der Waals surface area contributed by atoms with Crippen LogP contribution in [0, 0.1) is 0 Å². The summed E-state index contributed by atoms with van der Waals surface area (Å²) in [4.78, 5) is 22.4. The SMILES string of the molecule is O=C(c1ccco1)N1CCC(OCc2nc(-c3cccnc3)no2)CC1. The number of hydrogen-bond acceptors (Lipinski definition) is 7. The standard InChI is InChI=1S/C18H18N4O4/c23-18(15-4-2-10-24-15)22-8-5-14(6-9-22)25-12-16-20-17(21-26-16)13-3-1-7-19-11-13/h1-4,7,10-11,14H,5-6,8-9,12H2. The van der Waals surface area contributed by atoms with Gasteiger partial charge in [-0.25, -0.2) is 0 Å². The predicted molar refractivity (Wildman–Crippen MR) is 90.0 cm³/mol. The summed E-state index contributed by atoms with van der Waals surface area (Å²) >= 11 is 0. The molecule has 0 saturated carbocycles. The summed E-state index contributed by atoms with van der Waals surface area (Å²) in [6.07, 6.45) is 6.46.